The SMILES string of the molecule is CC1(C)Cc2cnc(N)nc2-c2[nH]nc(C(=O)Nc3cccc(CN4CCC(NC(=O)O)CC4)c3)c21. The third kappa shape index (κ3) is 4.74. The van der Waals surface area contributed by atoms with E-state index in [-0.39, 0.29) is 23.3 Å². The molecule has 0 saturated carbocycles. The second-order valence-corrected chi connectivity index (χ2v) is 10.1. The number of nitrogens with two attached hydrogens (primary N) is 1. The van der Waals surface area contributed by atoms with Crippen LogP contribution < -0.4 is 16.4 Å². The molecule has 2 aliphatic rings. The van der Waals surface area contributed by atoms with Crippen LogP contribution in [-0.2, 0) is 18.4 Å². The molecule has 11 heteroatoms. The summed E-state index contributed by atoms with van der Waals surface area (Å²) in [4.78, 5) is 35.0. The Labute approximate surface area is 208 Å². The summed E-state index contributed by atoms with van der Waals surface area (Å²) in [7, 11) is 0. The fourth-order valence-electron chi connectivity index (χ4n) is 5.27. The molecule has 6 N–H and O–H groups in total. The molecule has 0 unspecified atom stereocenters. The van der Waals surface area contributed by atoms with Gasteiger partial charge in [-0.1, -0.05) is 26.0 Å². The molecular formula is C25H30N8O3. The van der Waals surface area contributed by atoms with E-state index in [1.54, 1.807) is 6.20 Å². The molecule has 1 aromatic carbocycles. The number of H-pyrrole nitrogens is 1. The Hall–Kier alpha value is -3.99. The van der Waals surface area contributed by atoms with E-state index in [9.17, 15) is 9.59 Å². The van der Waals surface area contributed by atoms with Crippen molar-refractivity contribution in [2.24, 2.45) is 0 Å². The topological polar surface area (TPSA) is 162 Å². The summed E-state index contributed by atoms with van der Waals surface area (Å²) in [5.74, 6) is -0.108. The van der Waals surface area contributed by atoms with E-state index in [1.165, 1.54) is 0 Å². The van der Waals surface area contributed by atoms with Crippen molar-refractivity contribution < 1.29 is 14.7 Å². The minimum atomic E-state index is -0.972. The molecule has 1 aliphatic carbocycles. The van der Waals surface area contributed by atoms with E-state index in [1.807, 2.05) is 24.3 Å². The van der Waals surface area contributed by atoms with Crippen LogP contribution in [0.1, 0.15) is 53.9 Å². The van der Waals surface area contributed by atoms with E-state index in [0.717, 1.165) is 49.2 Å². The van der Waals surface area contributed by atoms with E-state index < -0.39 is 6.09 Å². The van der Waals surface area contributed by atoms with Crippen LogP contribution in [0.15, 0.2) is 30.5 Å². The number of rotatable bonds is 5. The second kappa shape index (κ2) is 9.23. The van der Waals surface area contributed by atoms with Gasteiger partial charge in [0.2, 0.25) is 5.95 Å². The van der Waals surface area contributed by atoms with Crippen molar-refractivity contribution in [1.82, 2.24) is 30.4 Å². The van der Waals surface area contributed by atoms with Gasteiger partial charge in [-0.25, -0.2) is 14.8 Å². The normalized spacial score (nSPS) is 17.2. The van der Waals surface area contributed by atoms with Crippen LogP contribution in [0, 0.1) is 0 Å². The van der Waals surface area contributed by atoms with Crippen LogP contribution in [0.2, 0.25) is 0 Å². The van der Waals surface area contributed by atoms with Crippen LogP contribution in [-0.4, -0.2) is 61.3 Å². The summed E-state index contributed by atoms with van der Waals surface area (Å²) >= 11 is 0. The molecule has 2 aromatic heterocycles. The van der Waals surface area contributed by atoms with Crippen molar-refractivity contribution in [1.29, 1.82) is 0 Å². The fourth-order valence-corrected chi connectivity index (χ4v) is 5.27. The maximum absolute atomic E-state index is 13.3. The van der Waals surface area contributed by atoms with E-state index >= 15 is 0 Å². The number of carboxylic acid groups (broad SMARTS) is 1. The number of hydrogen-bond acceptors (Lipinski definition) is 7. The Kier molecular flexibility index (Phi) is 6.09. The number of benzene rings is 1. The molecule has 3 aromatic rings. The lowest BCUT2D eigenvalue weighted by Crippen LogP contribution is -2.43. The van der Waals surface area contributed by atoms with E-state index in [0.29, 0.717) is 29.2 Å². The van der Waals surface area contributed by atoms with Gasteiger partial charge in [0, 0.05) is 43.1 Å². The minimum Gasteiger partial charge on any atom is -0.465 e. The summed E-state index contributed by atoms with van der Waals surface area (Å²) in [5.41, 5.74) is 10.8. The molecule has 11 nitrogen and oxygen atoms in total. The Morgan fingerprint density at radius 1 is 1.28 bits per heavy atom. The zero-order valence-corrected chi connectivity index (χ0v) is 20.3. The summed E-state index contributed by atoms with van der Waals surface area (Å²) in [6.45, 7) is 6.50. The largest absolute Gasteiger partial charge is 0.465 e. The van der Waals surface area contributed by atoms with Gasteiger partial charge in [-0.2, -0.15) is 5.10 Å². The molecule has 0 bridgehead atoms. The maximum Gasteiger partial charge on any atom is 0.404 e. The molecule has 1 aliphatic heterocycles. The van der Waals surface area contributed by atoms with Crippen molar-refractivity contribution in [2.75, 3.05) is 24.1 Å². The summed E-state index contributed by atoms with van der Waals surface area (Å²) in [5, 5.41) is 21.9. The van der Waals surface area contributed by atoms with Crippen LogP contribution in [0.4, 0.5) is 16.4 Å². The number of nitrogen functional groups attached to an aromatic ring is 1. The first-order valence-corrected chi connectivity index (χ1v) is 12.0. The number of carbonyl (C=O) groups excluding carboxylic acids is 1. The third-order valence-electron chi connectivity index (χ3n) is 6.92. The van der Waals surface area contributed by atoms with Crippen molar-refractivity contribution in [2.45, 2.75) is 51.1 Å². The van der Waals surface area contributed by atoms with Gasteiger partial charge >= 0.3 is 6.09 Å². The highest BCUT2D eigenvalue weighted by Crippen LogP contribution is 2.42. The highest BCUT2D eigenvalue weighted by atomic mass is 16.4. The van der Waals surface area contributed by atoms with Crippen molar-refractivity contribution in [3.63, 3.8) is 0 Å². The van der Waals surface area contributed by atoms with Crippen molar-refractivity contribution in [3.05, 3.63) is 52.8 Å². The number of aromatic amines is 1. The molecule has 188 valence electrons. The standard InChI is InChI=1S/C25H30N8O3/c1-25(2)11-15-12-27-23(26)30-19(15)20-18(25)21(32-31-20)22(34)28-17-5-3-4-14(10-17)13-33-8-6-16(7-9-33)29-24(35)36/h3-5,10,12,16,29H,6-9,11,13H2,1-2H3,(H,28,34)(H,31,32)(H,35,36)(H2,26,27,30). The number of anilines is 2. The van der Waals surface area contributed by atoms with Gasteiger partial charge in [0.05, 0.1) is 11.4 Å². The first-order valence-electron chi connectivity index (χ1n) is 12.0. The van der Waals surface area contributed by atoms with Crippen LogP contribution >= 0.6 is 0 Å². The lowest BCUT2D eigenvalue weighted by molar-refractivity contribution is 0.102. The number of amides is 2. The zero-order chi connectivity index (χ0) is 25.4. The number of piperidine rings is 1. The van der Waals surface area contributed by atoms with E-state index in [4.69, 9.17) is 10.8 Å². The maximum atomic E-state index is 13.3. The quantitative estimate of drug-likeness (QED) is 0.365. The molecule has 1 saturated heterocycles. The molecule has 3 heterocycles. The predicted octanol–water partition coefficient (Wildman–Crippen LogP) is 2.77. The number of carbonyl (C=O) groups is 2. The van der Waals surface area contributed by atoms with Crippen LogP contribution in [0.3, 0.4) is 0 Å². The number of hydrogen-bond donors (Lipinski definition) is 5. The molecule has 0 spiro atoms. The average Bonchev–Trinajstić information content (AvgIpc) is 3.28. The molecule has 2 amide bonds. The highest BCUT2D eigenvalue weighted by molar-refractivity contribution is 6.05. The Bertz CT molecular complexity index is 1310. The van der Waals surface area contributed by atoms with Gasteiger partial charge in [0.1, 0.15) is 0 Å². The molecule has 5 rings (SSSR count). The molecule has 1 fully saturated rings. The van der Waals surface area contributed by atoms with Gasteiger partial charge in [-0.05, 0) is 47.9 Å². The zero-order valence-electron chi connectivity index (χ0n) is 20.3. The number of likely N-dealkylation sites (tertiary alicyclic amines) is 1. The Balaban J connectivity index is 1.30. The second-order valence-electron chi connectivity index (χ2n) is 10.1. The molecule has 0 radical (unpaired) electrons. The van der Waals surface area contributed by atoms with Gasteiger partial charge < -0.3 is 21.5 Å². The Morgan fingerprint density at radius 2 is 2.06 bits per heavy atom. The first kappa shape index (κ1) is 23.7. The summed E-state index contributed by atoms with van der Waals surface area (Å²) in [6, 6.07) is 7.77. The van der Waals surface area contributed by atoms with Crippen molar-refractivity contribution >= 4 is 23.6 Å². The smallest absolute Gasteiger partial charge is 0.404 e. The van der Waals surface area contributed by atoms with Gasteiger partial charge in [-0.15, -0.1) is 0 Å². The minimum absolute atomic E-state index is 0.00303. The highest BCUT2D eigenvalue weighted by Gasteiger charge is 2.38. The van der Waals surface area contributed by atoms with Gasteiger partial charge in [0.15, 0.2) is 5.69 Å². The lowest BCUT2D eigenvalue weighted by atomic mass is 9.73. The molecular weight excluding hydrogens is 460 g/mol. The summed E-state index contributed by atoms with van der Waals surface area (Å²) < 4.78 is 0. The molecule has 36 heavy (non-hydrogen) atoms. The van der Waals surface area contributed by atoms with Gasteiger partial charge in [0.25, 0.3) is 5.91 Å². The number of nitrogens with zero attached hydrogens (tertiary/aromatic N) is 4. The van der Waals surface area contributed by atoms with Crippen LogP contribution in [0.5, 0.6) is 0 Å². The lowest BCUT2D eigenvalue weighted by Gasteiger charge is -2.31. The third-order valence-corrected chi connectivity index (χ3v) is 6.92. The molecule has 0 atom stereocenters. The Morgan fingerprint density at radius 3 is 2.81 bits per heavy atom. The predicted molar refractivity (Wildman–Crippen MR) is 135 cm³/mol. The number of nitrogens with one attached hydrogen (secondary N) is 3. The fraction of sp³-hybridized carbons (Fsp3) is 0.400. The van der Waals surface area contributed by atoms with Crippen molar-refractivity contribution in [3.8, 4) is 11.4 Å². The number of fused-ring (bicyclic) bond motifs is 3. The van der Waals surface area contributed by atoms with E-state index in [2.05, 4.69) is 49.5 Å². The monoisotopic (exact) mass is 490 g/mol. The first-order chi connectivity index (χ1) is 17.2. The summed E-state index contributed by atoms with van der Waals surface area (Å²) in [6.07, 6.45) is 2.99. The average molecular weight is 491 g/mol. The van der Waals surface area contributed by atoms with Gasteiger partial charge in [-0.3, -0.25) is 14.8 Å². The van der Waals surface area contributed by atoms with Crippen LogP contribution in [0.25, 0.3) is 11.4 Å². The number of aromatic nitrogens is 4.